The average molecular weight is 288 g/mol. The van der Waals surface area contributed by atoms with E-state index < -0.39 is 11.9 Å². The fourth-order valence-electron chi connectivity index (χ4n) is 1.99. The first-order chi connectivity index (χ1) is 9.90. The molecule has 110 valence electrons. The van der Waals surface area contributed by atoms with Gasteiger partial charge in [-0.2, -0.15) is 0 Å². The summed E-state index contributed by atoms with van der Waals surface area (Å²) >= 11 is 0. The molecular formula is C14H16N4O3. The molecule has 0 saturated carbocycles. The molecule has 0 atom stereocenters. The zero-order valence-electron chi connectivity index (χ0n) is 12.0. The van der Waals surface area contributed by atoms with Crippen LogP contribution >= 0.6 is 0 Å². The van der Waals surface area contributed by atoms with Crippen LogP contribution in [0, 0.1) is 6.92 Å². The standard InChI is InChI=1S/C14H16N4O3/c1-8-4-5-9(6-10(8)18(2)3)17-13(19)11-12(14(20)21)16-7-15-11/h4-7H,1-3H3,(H,15,16)(H,17,19)(H,20,21). The van der Waals surface area contributed by atoms with Gasteiger partial charge in [0, 0.05) is 25.5 Å². The summed E-state index contributed by atoms with van der Waals surface area (Å²) < 4.78 is 0. The van der Waals surface area contributed by atoms with E-state index in [1.54, 1.807) is 6.07 Å². The summed E-state index contributed by atoms with van der Waals surface area (Å²) in [5, 5.41) is 11.6. The number of benzene rings is 1. The lowest BCUT2D eigenvalue weighted by Crippen LogP contribution is -2.17. The molecule has 0 aliphatic rings. The van der Waals surface area contributed by atoms with E-state index in [1.165, 1.54) is 6.33 Å². The van der Waals surface area contributed by atoms with Crippen LogP contribution in [0.1, 0.15) is 26.5 Å². The Morgan fingerprint density at radius 2 is 2.05 bits per heavy atom. The van der Waals surface area contributed by atoms with E-state index in [0.29, 0.717) is 5.69 Å². The number of H-pyrrole nitrogens is 1. The summed E-state index contributed by atoms with van der Waals surface area (Å²) in [5.41, 5.74) is 2.24. The van der Waals surface area contributed by atoms with E-state index in [4.69, 9.17) is 5.11 Å². The Morgan fingerprint density at radius 1 is 1.33 bits per heavy atom. The number of carbonyl (C=O) groups excluding carboxylic acids is 1. The molecule has 1 aromatic carbocycles. The number of imidazole rings is 1. The number of rotatable bonds is 4. The molecule has 1 heterocycles. The molecule has 0 unspecified atom stereocenters. The second kappa shape index (κ2) is 5.66. The van der Waals surface area contributed by atoms with Crippen molar-refractivity contribution in [2.75, 3.05) is 24.3 Å². The third kappa shape index (κ3) is 3.02. The van der Waals surface area contributed by atoms with Gasteiger partial charge < -0.3 is 20.3 Å². The summed E-state index contributed by atoms with van der Waals surface area (Å²) in [7, 11) is 3.81. The van der Waals surface area contributed by atoms with Crippen LogP contribution in [0.15, 0.2) is 24.5 Å². The number of carboxylic acids is 1. The number of aromatic amines is 1. The highest BCUT2D eigenvalue weighted by molar-refractivity contribution is 6.08. The first kappa shape index (κ1) is 14.6. The van der Waals surface area contributed by atoms with Gasteiger partial charge in [0.15, 0.2) is 11.4 Å². The normalized spacial score (nSPS) is 10.2. The summed E-state index contributed by atoms with van der Waals surface area (Å²) in [6.07, 6.45) is 1.18. The van der Waals surface area contributed by atoms with Crippen molar-refractivity contribution in [2.24, 2.45) is 0 Å². The number of aryl methyl sites for hydroxylation is 1. The summed E-state index contributed by atoms with van der Waals surface area (Å²) in [6.45, 7) is 1.97. The van der Waals surface area contributed by atoms with Crippen molar-refractivity contribution in [3.05, 3.63) is 41.5 Å². The molecular weight excluding hydrogens is 272 g/mol. The lowest BCUT2D eigenvalue weighted by Gasteiger charge is -2.17. The van der Waals surface area contributed by atoms with Crippen LogP contribution in [0.3, 0.4) is 0 Å². The number of aromatic nitrogens is 2. The Hall–Kier alpha value is -2.83. The second-order valence-corrected chi connectivity index (χ2v) is 4.78. The number of nitrogens with zero attached hydrogens (tertiary/aromatic N) is 2. The molecule has 0 saturated heterocycles. The van der Waals surface area contributed by atoms with Crippen LogP contribution in [-0.4, -0.2) is 41.0 Å². The van der Waals surface area contributed by atoms with Crippen molar-refractivity contribution in [3.8, 4) is 0 Å². The van der Waals surface area contributed by atoms with Crippen molar-refractivity contribution < 1.29 is 14.7 Å². The van der Waals surface area contributed by atoms with E-state index in [2.05, 4.69) is 15.3 Å². The van der Waals surface area contributed by atoms with Crippen LogP contribution in [-0.2, 0) is 0 Å². The number of amides is 1. The van der Waals surface area contributed by atoms with E-state index in [0.717, 1.165) is 11.3 Å². The minimum Gasteiger partial charge on any atom is -0.477 e. The molecule has 0 bridgehead atoms. The topological polar surface area (TPSA) is 98.3 Å². The predicted molar refractivity (Wildman–Crippen MR) is 79.0 cm³/mol. The minimum atomic E-state index is -1.23. The zero-order valence-corrected chi connectivity index (χ0v) is 12.0. The molecule has 1 aromatic heterocycles. The van der Waals surface area contributed by atoms with Gasteiger partial charge in [-0.05, 0) is 24.6 Å². The molecule has 0 spiro atoms. The van der Waals surface area contributed by atoms with E-state index in [9.17, 15) is 9.59 Å². The monoisotopic (exact) mass is 288 g/mol. The highest BCUT2D eigenvalue weighted by Crippen LogP contribution is 2.23. The highest BCUT2D eigenvalue weighted by atomic mass is 16.4. The minimum absolute atomic E-state index is 0.144. The number of aromatic carboxylic acids is 1. The number of nitrogens with one attached hydrogen (secondary N) is 2. The molecule has 1 amide bonds. The van der Waals surface area contributed by atoms with Crippen LogP contribution in [0.4, 0.5) is 11.4 Å². The van der Waals surface area contributed by atoms with Crippen LogP contribution in [0.25, 0.3) is 0 Å². The summed E-state index contributed by atoms with van der Waals surface area (Å²) in [5.74, 6) is -1.79. The Bertz CT molecular complexity index is 691. The Balaban J connectivity index is 2.26. The van der Waals surface area contributed by atoms with E-state index >= 15 is 0 Å². The number of hydrogen-bond acceptors (Lipinski definition) is 4. The molecule has 7 nitrogen and oxygen atoms in total. The first-order valence-corrected chi connectivity index (χ1v) is 6.26. The summed E-state index contributed by atoms with van der Waals surface area (Å²) in [4.78, 5) is 31.2. The van der Waals surface area contributed by atoms with Gasteiger partial charge in [0.1, 0.15) is 0 Å². The van der Waals surface area contributed by atoms with Crippen molar-refractivity contribution in [2.45, 2.75) is 6.92 Å². The number of carboxylic acid groups (broad SMARTS) is 1. The first-order valence-electron chi connectivity index (χ1n) is 6.26. The van der Waals surface area contributed by atoms with Crippen molar-refractivity contribution in [1.82, 2.24) is 9.97 Å². The lowest BCUT2D eigenvalue weighted by atomic mass is 10.1. The maximum Gasteiger partial charge on any atom is 0.354 e. The third-order valence-electron chi connectivity index (χ3n) is 3.02. The number of anilines is 2. The smallest absolute Gasteiger partial charge is 0.354 e. The van der Waals surface area contributed by atoms with Gasteiger partial charge in [0.25, 0.3) is 5.91 Å². The molecule has 0 radical (unpaired) electrons. The van der Waals surface area contributed by atoms with E-state index in [-0.39, 0.29) is 11.4 Å². The molecule has 7 heteroatoms. The second-order valence-electron chi connectivity index (χ2n) is 4.78. The molecule has 0 aliphatic heterocycles. The summed E-state index contributed by atoms with van der Waals surface area (Å²) in [6, 6.07) is 5.46. The fraction of sp³-hybridized carbons (Fsp3) is 0.214. The Kier molecular flexibility index (Phi) is 3.93. The highest BCUT2D eigenvalue weighted by Gasteiger charge is 2.19. The molecule has 2 aromatic rings. The molecule has 0 fully saturated rings. The predicted octanol–water partition coefficient (Wildman–Crippen LogP) is 1.73. The quantitative estimate of drug-likeness (QED) is 0.796. The SMILES string of the molecule is Cc1ccc(NC(=O)c2nc[nH]c2C(=O)O)cc1N(C)C. The Labute approximate surface area is 121 Å². The lowest BCUT2D eigenvalue weighted by molar-refractivity contribution is 0.0686. The molecule has 2 rings (SSSR count). The zero-order chi connectivity index (χ0) is 15.6. The number of carbonyl (C=O) groups is 2. The molecule has 21 heavy (non-hydrogen) atoms. The molecule has 3 N–H and O–H groups in total. The van der Waals surface area contributed by atoms with Crippen molar-refractivity contribution >= 4 is 23.3 Å². The van der Waals surface area contributed by atoms with Crippen LogP contribution in [0.2, 0.25) is 0 Å². The van der Waals surface area contributed by atoms with Crippen LogP contribution in [0.5, 0.6) is 0 Å². The van der Waals surface area contributed by atoms with Crippen molar-refractivity contribution in [1.29, 1.82) is 0 Å². The van der Waals surface area contributed by atoms with Gasteiger partial charge >= 0.3 is 5.97 Å². The van der Waals surface area contributed by atoms with Crippen molar-refractivity contribution in [3.63, 3.8) is 0 Å². The number of hydrogen-bond donors (Lipinski definition) is 3. The maximum atomic E-state index is 12.1. The van der Waals surface area contributed by atoms with Gasteiger partial charge in [0.05, 0.1) is 6.33 Å². The maximum absolute atomic E-state index is 12.1. The largest absolute Gasteiger partial charge is 0.477 e. The van der Waals surface area contributed by atoms with Gasteiger partial charge in [-0.25, -0.2) is 9.78 Å². The Morgan fingerprint density at radius 3 is 2.67 bits per heavy atom. The van der Waals surface area contributed by atoms with Gasteiger partial charge in [0.2, 0.25) is 0 Å². The fourth-order valence-corrected chi connectivity index (χ4v) is 1.99. The van der Waals surface area contributed by atoms with Gasteiger partial charge in [-0.3, -0.25) is 4.79 Å². The third-order valence-corrected chi connectivity index (χ3v) is 3.02. The average Bonchev–Trinajstić information content (AvgIpc) is 2.90. The van der Waals surface area contributed by atoms with E-state index in [1.807, 2.05) is 38.1 Å². The van der Waals surface area contributed by atoms with Gasteiger partial charge in [-0.15, -0.1) is 0 Å². The van der Waals surface area contributed by atoms with Gasteiger partial charge in [-0.1, -0.05) is 6.07 Å². The van der Waals surface area contributed by atoms with Crippen LogP contribution < -0.4 is 10.2 Å². The molecule has 0 aliphatic carbocycles.